The van der Waals surface area contributed by atoms with E-state index in [1.807, 2.05) is 0 Å². The van der Waals surface area contributed by atoms with Crippen LogP contribution in [0.3, 0.4) is 0 Å². The lowest BCUT2D eigenvalue weighted by Crippen LogP contribution is -2.22. The summed E-state index contributed by atoms with van der Waals surface area (Å²) in [4.78, 5) is 22.9. The van der Waals surface area contributed by atoms with E-state index in [0.717, 1.165) is 38.5 Å². The van der Waals surface area contributed by atoms with E-state index in [-0.39, 0.29) is 17.5 Å². The third-order valence-electron chi connectivity index (χ3n) is 5.23. The van der Waals surface area contributed by atoms with Crippen LogP contribution in [0.25, 0.3) is 0 Å². The molecule has 0 saturated heterocycles. The highest BCUT2D eigenvalue weighted by Gasteiger charge is 2.40. The van der Waals surface area contributed by atoms with Crippen LogP contribution < -0.4 is 4.74 Å². The molecule has 0 aliphatic heterocycles. The zero-order valence-electron chi connectivity index (χ0n) is 14.9. The highest BCUT2D eigenvalue weighted by atomic mass is 16.5. The number of ether oxygens (including phenoxy) is 2. The number of benzene rings is 1. The molecule has 140 valence electrons. The average molecular weight is 358 g/mol. The van der Waals surface area contributed by atoms with Gasteiger partial charge in [0.25, 0.3) is 0 Å². The van der Waals surface area contributed by atoms with Gasteiger partial charge in [-0.3, -0.25) is 4.79 Å². The summed E-state index contributed by atoms with van der Waals surface area (Å²) in [5.74, 6) is 0.825. The summed E-state index contributed by atoms with van der Waals surface area (Å²) in [5, 5.41) is 8.84. The number of esters is 1. The number of carbonyl (C=O) groups excluding carboxylic acids is 1. The van der Waals surface area contributed by atoms with Gasteiger partial charge in [0.05, 0.1) is 24.7 Å². The molecule has 2 aliphatic rings. The van der Waals surface area contributed by atoms with Crippen molar-refractivity contribution in [3.63, 3.8) is 0 Å². The van der Waals surface area contributed by atoms with Crippen molar-refractivity contribution in [1.29, 1.82) is 0 Å². The fourth-order valence-corrected chi connectivity index (χ4v) is 3.77. The minimum absolute atomic E-state index is 0.0185. The minimum atomic E-state index is -0.936. The topological polar surface area (TPSA) is 72.8 Å². The van der Waals surface area contributed by atoms with Crippen LogP contribution in [0.4, 0.5) is 0 Å². The molecule has 3 rings (SSSR count). The molecule has 3 atom stereocenters. The summed E-state index contributed by atoms with van der Waals surface area (Å²) in [6.45, 7) is 1.11. The van der Waals surface area contributed by atoms with Crippen LogP contribution in [0.15, 0.2) is 36.4 Å². The maximum atomic E-state index is 12.1. The van der Waals surface area contributed by atoms with Crippen molar-refractivity contribution in [1.82, 2.24) is 0 Å². The molecule has 1 saturated carbocycles. The molecule has 1 aromatic rings. The van der Waals surface area contributed by atoms with E-state index in [9.17, 15) is 9.59 Å². The Morgan fingerprint density at radius 1 is 0.962 bits per heavy atom. The van der Waals surface area contributed by atoms with Gasteiger partial charge in [0.2, 0.25) is 0 Å². The van der Waals surface area contributed by atoms with Gasteiger partial charge in [-0.25, -0.2) is 4.79 Å². The van der Waals surface area contributed by atoms with Gasteiger partial charge in [0.15, 0.2) is 0 Å². The van der Waals surface area contributed by atoms with Gasteiger partial charge in [-0.1, -0.05) is 12.2 Å². The Hall–Kier alpha value is -2.30. The van der Waals surface area contributed by atoms with E-state index >= 15 is 0 Å². The van der Waals surface area contributed by atoms with Crippen LogP contribution in [-0.2, 0) is 9.53 Å². The SMILES string of the molecule is O=C(O)c1ccc(OCCCCCCOC(=O)C2CC3C=CC2C3)cc1. The van der Waals surface area contributed by atoms with Gasteiger partial charge in [0.1, 0.15) is 5.75 Å². The Morgan fingerprint density at radius 3 is 2.31 bits per heavy atom. The normalized spacial score (nSPS) is 23.2. The van der Waals surface area contributed by atoms with Crippen molar-refractivity contribution < 1.29 is 24.2 Å². The molecule has 26 heavy (non-hydrogen) atoms. The van der Waals surface area contributed by atoms with Crippen molar-refractivity contribution in [2.45, 2.75) is 38.5 Å². The van der Waals surface area contributed by atoms with Crippen molar-refractivity contribution >= 4 is 11.9 Å². The zero-order chi connectivity index (χ0) is 18.4. The molecule has 1 N–H and O–H groups in total. The molecule has 2 aliphatic carbocycles. The second kappa shape index (κ2) is 8.88. The first-order valence-corrected chi connectivity index (χ1v) is 9.44. The van der Waals surface area contributed by atoms with Gasteiger partial charge < -0.3 is 14.6 Å². The van der Waals surface area contributed by atoms with Crippen LogP contribution in [0.5, 0.6) is 5.75 Å². The Morgan fingerprint density at radius 2 is 1.69 bits per heavy atom. The van der Waals surface area contributed by atoms with Crippen LogP contribution >= 0.6 is 0 Å². The van der Waals surface area contributed by atoms with Gasteiger partial charge in [-0.2, -0.15) is 0 Å². The van der Waals surface area contributed by atoms with Gasteiger partial charge in [-0.15, -0.1) is 0 Å². The monoisotopic (exact) mass is 358 g/mol. The lowest BCUT2D eigenvalue weighted by molar-refractivity contribution is -0.149. The third-order valence-corrected chi connectivity index (χ3v) is 5.23. The zero-order valence-corrected chi connectivity index (χ0v) is 14.9. The molecule has 1 aromatic carbocycles. The molecule has 0 spiro atoms. The molecule has 0 heterocycles. The number of allylic oxidation sites excluding steroid dienone is 2. The smallest absolute Gasteiger partial charge is 0.335 e. The van der Waals surface area contributed by atoms with E-state index < -0.39 is 5.97 Å². The number of hydrogen-bond donors (Lipinski definition) is 1. The summed E-state index contributed by atoms with van der Waals surface area (Å²) in [5.41, 5.74) is 0.258. The minimum Gasteiger partial charge on any atom is -0.494 e. The average Bonchev–Trinajstić information content (AvgIpc) is 3.27. The largest absolute Gasteiger partial charge is 0.494 e. The van der Waals surface area contributed by atoms with Gasteiger partial charge >= 0.3 is 11.9 Å². The van der Waals surface area contributed by atoms with Crippen molar-refractivity contribution in [3.05, 3.63) is 42.0 Å². The molecule has 0 aromatic heterocycles. The van der Waals surface area contributed by atoms with Crippen LogP contribution in [-0.4, -0.2) is 30.3 Å². The number of fused-ring (bicyclic) bond motifs is 2. The summed E-state index contributed by atoms with van der Waals surface area (Å²) in [6, 6.07) is 6.43. The van der Waals surface area contributed by atoms with E-state index in [1.54, 1.807) is 12.1 Å². The summed E-state index contributed by atoms with van der Waals surface area (Å²) in [7, 11) is 0. The number of carbonyl (C=O) groups is 2. The Bertz CT molecular complexity index is 649. The lowest BCUT2D eigenvalue weighted by atomic mass is 9.94. The summed E-state index contributed by atoms with van der Waals surface area (Å²) >= 11 is 0. The lowest BCUT2D eigenvalue weighted by Gasteiger charge is -2.16. The highest BCUT2D eigenvalue weighted by Crippen LogP contribution is 2.43. The number of aromatic carboxylic acids is 1. The Kier molecular flexibility index (Phi) is 6.31. The number of rotatable bonds is 10. The standard InChI is InChI=1S/C21H26O5/c22-20(23)16-7-9-18(10-8-16)25-11-3-1-2-4-12-26-21(24)19-14-15-5-6-17(19)13-15/h5-10,15,17,19H,1-4,11-14H2,(H,22,23). The van der Waals surface area contributed by atoms with E-state index in [0.29, 0.717) is 30.8 Å². The van der Waals surface area contributed by atoms with Crippen molar-refractivity contribution in [2.24, 2.45) is 17.8 Å². The molecule has 2 bridgehead atoms. The van der Waals surface area contributed by atoms with Gasteiger partial charge in [-0.05, 0) is 74.6 Å². The van der Waals surface area contributed by atoms with Crippen molar-refractivity contribution in [3.8, 4) is 5.75 Å². The van der Waals surface area contributed by atoms with E-state index in [4.69, 9.17) is 14.6 Å². The van der Waals surface area contributed by atoms with Crippen LogP contribution in [0.2, 0.25) is 0 Å². The molecule has 0 amide bonds. The third kappa shape index (κ3) is 4.87. The fourth-order valence-electron chi connectivity index (χ4n) is 3.77. The molecule has 5 nitrogen and oxygen atoms in total. The fraction of sp³-hybridized carbons (Fsp3) is 0.524. The Balaban J connectivity index is 1.20. The number of hydrogen-bond acceptors (Lipinski definition) is 4. The maximum Gasteiger partial charge on any atom is 0.335 e. The quantitative estimate of drug-likeness (QED) is 0.388. The van der Waals surface area contributed by atoms with Crippen LogP contribution in [0, 0.1) is 17.8 Å². The highest BCUT2D eigenvalue weighted by molar-refractivity contribution is 5.87. The Labute approximate surface area is 154 Å². The molecule has 1 fully saturated rings. The van der Waals surface area contributed by atoms with Crippen LogP contribution in [0.1, 0.15) is 48.9 Å². The predicted molar refractivity (Wildman–Crippen MR) is 97.2 cm³/mol. The maximum absolute atomic E-state index is 12.1. The second-order valence-corrected chi connectivity index (χ2v) is 7.15. The number of unbranched alkanes of at least 4 members (excludes halogenated alkanes) is 3. The first kappa shape index (κ1) is 18.5. The molecule has 3 unspecified atom stereocenters. The summed E-state index contributed by atoms with van der Waals surface area (Å²) < 4.78 is 11.0. The molecular weight excluding hydrogens is 332 g/mol. The van der Waals surface area contributed by atoms with E-state index in [2.05, 4.69) is 12.2 Å². The van der Waals surface area contributed by atoms with Crippen molar-refractivity contribution in [2.75, 3.05) is 13.2 Å². The predicted octanol–water partition coefficient (Wildman–Crippen LogP) is 4.08. The first-order chi connectivity index (χ1) is 12.6. The van der Waals surface area contributed by atoms with E-state index in [1.165, 1.54) is 12.1 Å². The molecule has 0 radical (unpaired) electrons. The number of carboxylic acids is 1. The second-order valence-electron chi connectivity index (χ2n) is 7.15. The molecule has 5 heteroatoms. The number of carboxylic acid groups (broad SMARTS) is 1. The molecular formula is C21H26O5. The first-order valence-electron chi connectivity index (χ1n) is 9.44. The summed E-state index contributed by atoms with van der Waals surface area (Å²) in [6.07, 6.45) is 10.3. The van der Waals surface area contributed by atoms with Gasteiger partial charge in [0, 0.05) is 0 Å².